The van der Waals surface area contributed by atoms with Crippen molar-refractivity contribution in [3.05, 3.63) is 17.0 Å². The fourth-order valence-electron chi connectivity index (χ4n) is 1.21. The van der Waals surface area contributed by atoms with E-state index < -0.39 is 23.3 Å². The Morgan fingerprint density at radius 2 is 2.10 bits per heavy atom. The summed E-state index contributed by atoms with van der Waals surface area (Å²) in [6.07, 6.45) is -0.830. The van der Waals surface area contributed by atoms with Gasteiger partial charge in [-0.25, -0.2) is 4.79 Å². The molecule has 9 heteroatoms. The summed E-state index contributed by atoms with van der Waals surface area (Å²) in [5.74, 6) is -1.04. The Bertz CT molecular complexity index is 528. The first-order valence-corrected chi connectivity index (χ1v) is 7.51. The number of thiophene rings is 1. The third kappa shape index (κ3) is 5.74. The first kappa shape index (κ1) is 17.5. The number of hydrogen-bond donors (Lipinski definition) is 4. The molecule has 0 aliphatic heterocycles. The number of amides is 3. The summed E-state index contributed by atoms with van der Waals surface area (Å²) in [6, 6.07) is 1.48. The van der Waals surface area contributed by atoms with Crippen LogP contribution in [0.4, 0.5) is 9.80 Å². The fraction of sp³-hybridized carbons (Fsp3) is 0.417. The lowest BCUT2D eigenvalue weighted by molar-refractivity contribution is -0.115. The van der Waals surface area contributed by atoms with Crippen molar-refractivity contribution in [3.8, 4) is 0 Å². The van der Waals surface area contributed by atoms with Gasteiger partial charge in [-0.2, -0.15) is 12.6 Å². The van der Waals surface area contributed by atoms with Gasteiger partial charge in [-0.05, 0) is 17.4 Å². The van der Waals surface area contributed by atoms with Crippen molar-refractivity contribution in [2.24, 2.45) is 11.7 Å². The maximum absolute atomic E-state index is 11.9. The van der Waals surface area contributed by atoms with Gasteiger partial charge in [0.05, 0.1) is 12.2 Å². The summed E-state index contributed by atoms with van der Waals surface area (Å²) < 4.78 is 4.84. The first-order valence-electron chi connectivity index (χ1n) is 6.11. The summed E-state index contributed by atoms with van der Waals surface area (Å²) in [5.41, 5.74) is 5.47. The normalized spacial score (nSPS) is 11.9. The second kappa shape index (κ2) is 8.01. The van der Waals surface area contributed by atoms with E-state index >= 15 is 0 Å². The number of nitrogens with one attached hydrogen (secondary N) is 2. The zero-order chi connectivity index (χ0) is 16.0. The van der Waals surface area contributed by atoms with Gasteiger partial charge in [0.15, 0.2) is 0 Å². The number of nitrogens with two attached hydrogens (primary N) is 1. The number of ether oxygens (including phenoxy) is 1. The van der Waals surface area contributed by atoms with Crippen LogP contribution in [0.25, 0.3) is 0 Å². The second-order valence-electron chi connectivity index (χ2n) is 4.54. The molecule has 0 aliphatic carbocycles. The summed E-state index contributed by atoms with van der Waals surface area (Å²) in [6.45, 7) is 3.96. The van der Waals surface area contributed by atoms with Crippen molar-refractivity contribution >= 4 is 46.9 Å². The number of carbonyl (C=O) groups excluding carboxylic acids is 3. The largest absolute Gasteiger partial charge is 0.449 e. The molecule has 0 spiro atoms. The van der Waals surface area contributed by atoms with Crippen molar-refractivity contribution in [1.29, 1.82) is 0 Å². The SMILES string of the molecule is CC(C)COC(=O)NC(=O)c1ccsc1NC(=O)C(N)S. The van der Waals surface area contributed by atoms with Crippen LogP contribution in [0, 0.1) is 5.92 Å². The van der Waals surface area contributed by atoms with E-state index in [-0.39, 0.29) is 18.1 Å². The van der Waals surface area contributed by atoms with Crippen LogP contribution in [0.5, 0.6) is 0 Å². The average molecular weight is 331 g/mol. The van der Waals surface area contributed by atoms with Crippen LogP contribution in [-0.4, -0.2) is 29.9 Å². The van der Waals surface area contributed by atoms with E-state index in [1.54, 1.807) is 5.38 Å². The van der Waals surface area contributed by atoms with Gasteiger partial charge in [0.25, 0.3) is 11.8 Å². The highest BCUT2D eigenvalue weighted by Gasteiger charge is 2.19. The zero-order valence-corrected chi connectivity index (χ0v) is 13.3. The van der Waals surface area contributed by atoms with E-state index in [9.17, 15) is 14.4 Å². The fourth-order valence-corrected chi connectivity index (χ4v) is 2.06. The molecule has 1 rings (SSSR count). The average Bonchev–Trinajstić information content (AvgIpc) is 2.84. The highest BCUT2D eigenvalue weighted by Crippen LogP contribution is 2.23. The molecule has 1 atom stereocenters. The third-order valence-corrected chi connectivity index (χ3v) is 3.24. The standard InChI is InChI=1S/C12H17N3O4S2/c1-6(2)5-19-12(18)15-9(16)7-3-4-21-11(7)14-10(17)8(13)20/h3-4,6,8,20H,5,13H2,1-2H3,(H,14,17)(H,15,16,18). The quantitative estimate of drug-likeness (QED) is 0.482. The molecule has 4 N–H and O–H groups in total. The molecule has 0 aromatic carbocycles. The lowest BCUT2D eigenvalue weighted by Crippen LogP contribution is -2.33. The number of imide groups is 1. The minimum Gasteiger partial charge on any atom is -0.449 e. The van der Waals surface area contributed by atoms with Crippen LogP contribution in [0.1, 0.15) is 24.2 Å². The molecule has 1 heterocycles. The molecule has 0 saturated heterocycles. The van der Waals surface area contributed by atoms with Crippen LogP contribution < -0.4 is 16.4 Å². The van der Waals surface area contributed by atoms with Crippen LogP contribution in [-0.2, 0) is 9.53 Å². The number of anilines is 1. The molecule has 21 heavy (non-hydrogen) atoms. The Morgan fingerprint density at radius 1 is 1.43 bits per heavy atom. The molecule has 3 amide bonds. The molecular weight excluding hydrogens is 314 g/mol. The molecule has 0 fully saturated rings. The molecule has 0 saturated carbocycles. The first-order chi connectivity index (χ1) is 9.81. The van der Waals surface area contributed by atoms with Crippen molar-refractivity contribution in [1.82, 2.24) is 5.32 Å². The zero-order valence-electron chi connectivity index (χ0n) is 11.6. The summed E-state index contributed by atoms with van der Waals surface area (Å²) in [7, 11) is 0. The Kier molecular flexibility index (Phi) is 6.66. The van der Waals surface area contributed by atoms with Crippen molar-refractivity contribution < 1.29 is 19.1 Å². The van der Waals surface area contributed by atoms with Crippen LogP contribution in [0.15, 0.2) is 11.4 Å². The molecule has 1 aromatic heterocycles. The lowest BCUT2D eigenvalue weighted by atomic mass is 10.2. The van der Waals surface area contributed by atoms with Crippen LogP contribution in [0.3, 0.4) is 0 Å². The van der Waals surface area contributed by atoms with Crippen molar-refractivity contribution in [2.45, 2.75) is 19.2 Å². The maximum Gasteiger partial charge on any atom is 0.414 e. The number of rotatable bonds is 5. The highest BCUT2D eigenvalue weighted by atomic mass is 32.1. The number of thiol groups is 1. The van der Waals surface area contributed by atoms with E-state index in [2.05, 4.69) is 23.3 Å². The Hall–Kier alpha value is -1.58. The molecule has 0 bridgehead atoms. The van der Waals surface area contributed by atoms with Gasteiger partial charge in [0.1, 0.15) is 10.4 Å². The minimum atomic E-state index is -1.00. The van der Waals surface area contributed by atoms with E-state index in [1.807, 2.05) is 13.8 Å². The lowest BCUT2D eigenvalue weighted by Gasteiger charge is -2.09. The van der Waals surface area contributed by atoms with Crippen molar-refractivity contribution in [3.63, 3.8) is 0 Å². The Morgan fingerprint density at radius 3 is 2.67 bits per heavy atom. The summed E-state index contributed by atoms with van der Waals surface area (Å²) in [4.78, 5) is 34.8. The maximum atomic E-state index is 11.9. The summed E-state index contributed by atoms with van der Waals surface area (Å²) in [5, 5.41) is 5.44. The molecule has 0 radical (unpaired) electrons. The number of carbonyl (C=O) groups is 3. The molecule has 0 aliphatic rings. The predicted molar refractivity (Wildman–Crippen MR) is 83.6 cm³/mol. The van der Waals surface area contributed by atoms with Gasteiger partial charge < -0.3 is 15.8 Å². The van der Waals surface area contributed by atoms with Crippen LogP contribution >= 0.6 is 24.0 Å². The third-order valence-electron chi connectivity index (χ3n) is 2.18. The Labute approximate surface area is 131 Å². The Balaban J connectivity index is 2.65. The second-order valence-corrected chi connectivity index (χ2v) is 6.02. The van der Waals surface area contributed by atoms with Gasteiger partial charge in [0.2, 0.25) is 0 Å². The monoisotopic (exact) mass is 331 g/mol. The molecule has 1 aromatic rings. The molecule has 7 nitrogen and oxygen atoms in total. The van der Waals surface area contributed by atoms with E-state index in [0.29, 0.717) is 5.00 Å². The topological polar surface area (TPSA) is 111 Å². The van der Waals surface area contributed by atoms with Gasteiger partial charge >= 0.3 is 6.09 Å². The molecule has 116 valence electrons. The highest BCUT2D eigenvalue weighted by molar-refractivity contribution is 7.81. The van der Waals surface area contributed by atoms with Gasteiger partial charge in [-0.3, -0.25) is 14.9 Å². The molecular formula is C12H17N3O4S2. The smallest absolute Gasteiger partial charge is 0.414 e. The number of hydrogen-bond acceptors (Lipinski definition) is 7. The number of alkyl carbamates (subject to hydrolysis) is 1. The van der Waals surface area contributed by atoms with E-state index in [0.717, 1.165) is 11.3 Å². The molecule has 1 unspecified atom stereocenters. The van der Waals surface area contributed by atoms with Gasteiger partial charge in [-0.1, -0.05) is 13.8 Å². The van der Waals surface area contributed by atoms with E-state index in [1.165, 1.54) is 6.07 Å². The summed E-state index contributed by atoms with van der Waals surface area (Å²) >= 11 is 4.92. The predicted octanol–water partition coefficient (Wildman–Crippen LogP) is 1.42. The van der Waals surface area contributed by atoms with E-state index in [4.69, 9.17) is 10.5 Å². The van der Waals surface area contributed by atoms with Crippen LogP contribution in [0.2, 0.25) is 0 Å². The van der Waals surface area contributed by atoms with Crippen molar-refractivity contribution in [2.75, 3.05) is 11.9 Å². The van der Waals surface area contributed by atoms with Gasteiger partial charge in [-0.15, -0.1) is 11.3 Å². The van der Waals surface area contributed by atoms with Gasteiger partial charge in [0, 0.05) is 0 Å². The minimum absolute atomic E-state index is 0.156.